The summed E-state index contributed by atoms with van der Waals surface area (Å²) in [4.78, 5) is 4.58. The van der Waals surface area contributed by atoms with Gasteiger partial charge in [-0.3, -0.25) is 4.90 Å². The normalized spacial score (nSPS) is 15.5. The lowest BCUT2D eigenvalue weighted by molar-refractivity contribution is 0.200. The van der Waals surface area contributed by atoms with E-state index in [1.165, 1.54) is 17.7 Å². The Balaban J connectivity index is 1.42. The van der Waals surface area contributed by atoms with Gasteiger partial charge in [-0.25, -0.2) is 4.39 Å². The number of nitrogens with zero attached hydrogens (tertiary/aromatic N) is 2. The fourth-order valence-corrected chi connectivity index (χ4v) is 3.07. The summed E-state index contributed by atoms with van der Waals surface area (Å²) in [7, 11) is 0. The zero-order chi connectivity index (χ0) is 17.5. The van der Waals surface area contributed by atoms with Crippen molar-refractivity contribution in [3.8, 4) is 0 Å². The van der Waals surface area contributed by atoms with Gasteiger partial charge in [-0.1, -0.05) is 42.5 Å². The SMILES string of the molecule is Fc1ccc(NC(=S)N2CCN(C/C=C\c3ccccc3)CC2)cc1. The van der Waals surface area contributed by atoms with Gasteiger partial charge in [0, 0.05) is 38.4 Å². The topological polar surface area (TPSA) is 18.5 Å². The Labute approximate surface area is 153 Å². The van der Waals surface area contributed by atoms with Crippen molar-refractivity contribution < 1.29 is 4.39 Å². The van der Waals surface area contributed by atoms with Gasteiger partial charge in [-0.05, 0) is 42.0 Å². The lowest BCUT2D eigenvalue weighted by atomic mass is 10.2. The third-order valence-corrected chi connectivity index (χ3v) is 4.59. The maximum Gasteiger partial charge on any atom is 0.173 e. The standard InChI is InChI=1S/C20H22FN3S/c21-18-8-10-19(11-9-18)22-20(25)24-15-13-23(14-16-24)12-4-7-17-5-2-1-3-6-17/h1-11H,12-16H2,(H,22,25)/b7-4-. The zero-order valence-electron chi connectivity index (χ0n) is 14.1. The number of piperazine rings is 1. The molecule has 1 aliphatic rings. The molecule has 0 radical (unpaired) electrons. The van der Waals surface area contributed by atoms with Gasteiger partial charge < -0.3 is 10.2 Å². The van der Waals surface area contributed by atoms with Gasteiger partial charge in [-0.15, -0.1) is 0 Å². The van der Waals surface area contributed by atoms with Crippen molar-refractivity contribution in [1.82, 2.24) is 9.80 Å². The number of halogens is 1. The second-order valence-electron chi connectivity index (χ2n) is 6.04. The molecule has 1 aliphatic heterocycles. The van der Waals surface area contributed by atoms with Crippen LogP contribution in [0.3, 0.4) is 0 Å². The maximum absolute atomic E-state index is 12.9. The number of hydrogen-bond acceptors (Lipinski definition) is 2. The molecule has 5 heteroatoms. The number of nitrogens with one attached hydrogen (secondary N) is 1. The number of thiocarbonyl (C=S) groups is 1. The van der Waals surface area contributed by atoms with Crippen LogP contribution in [-0.2, 0) is 0 Å². The maximum atomic E-state index is 12.9. The highest BCUT2D eigenvalue weighted by molar-refractivity contribution is 7.80. The van der Waals surface area contributed by atoms with E-state index in [9.17, 15) is 4.39 Å². The third kappa shape index (κ3) is 5.37. The molecule has 1 N–H and O–H groups in total. The highest BCUT2D eigenvalue weighted by Gasteiger charge is 2.18. The molecule has 1 fully saturated rings. The summed E-state index contributed by atoms with van der Waals surface area (Å²) in [6.45, 7) is 4.69. The molecular formula is C20H22FN3S. The van der Waals surface area contributed by atoms with Crippen molar-refractivity contribution in [3.05, 3.63) is 72.1 Å². The largest absolute Gasteiger partial charge is 0.346 e. The molecule has 130 valence electrons. The lowest BCUT2D eigenvalue weighted by Gasteiger charge is -2.35. The van der Waals surface area contributed by atoms with Crippen molar-refractivity contribution in [3.63, 3.8) is 0 Å². The van der Waals surface area contributed by atoms with Crippen LogP contribution in [0.5, 0.6) is 0 Å². The van der Waals surface area contributed by atoms with Crippen LogP contribution in [-0.4, -0.2) is 47.6 Å². The molecule has 0 amide bonds. The van der Waals surface area contributed by atoms with E-state index >= 15 is 0 Å². The molecule has 0 saturated carbocycles. The summed E-state index contributed by atoms with van der Waals surface area (Å²) in [5, 5.41) is 3.88. The van der Waals surface area contributed by atoms with E-state index in [1.807, 2.05) is 18.2 Å². The molecule has 0 spiro atoms. The molecule has 0 bridgehead atoms. The van der Waals surface area contributed by atoms with Crippen LogP contribution < -0.4 is 5.32 Å². The van der Waals surface area contributed by atoms with Gasteiger partial charge in [-0.2, -0.15) is 0 Å². The van der Waals surface area contributed by atoms with Crippen molar-refractivity contribution in [1.29, 1.82) is 0 Å². The van der Waals surface area contributed by atoms with E-state index < -0.39 is 0 Å². The van der Waals surface area contributed by atoms with Gasteiger partial charge in [0.1, 0.15) is 5.82 Å². The molecule has 25 heavy (non-hydrogen) atoms. The van der Waals surface area contributed by atoms with Gasteiger partial charge in [0.2, 0.25) is 0 Å². The highest BCUT2D eigenvalue weighted by atomic mass is 32.1. The van der Waals surface area contributed by atoms with E-state index in [0.717, 1.165) is 38.4 Å². The first-order valence-electron chi connectivity index (χ1n) is 8.46. The summed E-state index contributed by atoms with van der Waals surface area (Å²) in [6.07, 6.45) is 4.37. The zero-order valence-corrected chi connectivity index (χ0v) is 14.9. The predicted molar refractivity (Wildman–Crippen MR) is 106 cm³/mol. The molecule has 3 nitrogen and oxygen atoms in total. The smallest absolute Gasteiger partial charge is 0.173 e. The second kappa shape index (κ2) is 8.74. The summed E-state index contributed by atoms with van der Waals surface area (Å²) < 4.78 is 12.9. The van der Waals surface area contributed by atoms with E-state index in [1.54, 1.807) is 12.1 Å². The van der Waals surface area contributed by atoms with Crippen molar-refractivity contribution >= 4 is 29.1 Å². The molecule has 2 aromatic rings. The first kappa shape index (κ1) is 17.6. The minimum atomic E-state index is -0.242. The highest BCUT2D eigenvalue weighted by Crippen LogP contribution is 2.11. The Morgan fingerprint density at radius 3 is 2.36 bits per heavy atom. The quantitative estimate of drug-likeness (QED) is 0.839. The van der Waals surface area contributed by atoms with Crippen LogP contribution in [0.15, 0.2) is 60.7 Å². The lowest BCUT2D eigenvalue weighted by Crippen LogP contribution is -2.49. The average Bonchev–Trinajstić information content (AvgIpc) is 2.65. The first-order valence-corrected chi connectivity index (χ1v) is 8.87. The molecule has 0 atom stereocenters. The fourth-order valence-electron chi connectivity index (χ4n) is 2.77. The molecule has 2 aromatic carbocycles. The predicted octanol–water partition coefficient (Wildman–Crippen LogP) is 3.85. The summed E-state index contributed by atoms with van der Waals surface area (Å²) in [5.74, 6) is -0.242. The Hall–Kier alpha value is -2.24. The summed E-state index contributed by atoms with van der Waals surface area (Å²) in [6, 6.07) is 16.6. The minimum absolute atomic E-state index is 0.242. The number of anilines is 1. The fraction of sp³-hybridized carbons (Fsp3) is 0.250. The molecule has 3 rings (SSSR count). The van der Waals surface area contributed by atoms with Gasteiger partial charge >= 0.3 is 0 Å². The molecule has 1 heterocycles. The Bertz CT molecular complexity index is 707. The van der Waals surface area contributed by atoms with Crippen LogP contribution in [0.25, 0.3) is 6.08 Å². The molecule has 0 unspecified atom stereocenters. The Morgan fingerprint density at radius 2 is 1.68 bits per heavy atom. The number of rotatable bonds is 4. The molecular weight excluding hydrogens is 333 g/mol. The van der Waals surface area contributed by atoms with Crippen molar-refractivity contribution in [2.45, 2.75) is 0 Å². The molecule has 0 aliphatic carbocycles. The van der Waals surface area contributed by atoms with Crippen LogP contribution in [0.4, 0.5) is 10.1 Å². The first-order chi connectivity index (χ1) is 12.2. The van der Waals surface area contributed by atoms with Gasteiger partial charge in [0.15, 0.2) is 5.11 Å². The van der Waals surface area contributed by atoms with Crippen LogP contribution >= 0.6 is 12.2 Å². The van der Waals surface area contributed by atoms with Gasteiger partial charge in [0.05, 0.1) is 0 Å². The van der Waals surface area contributed by atoms with E-state index in [2.05, 4.69) is 39.4 Å². The van der Waals surface area contributed by atoms with E-state index in [-0.39, 0.29) is 5.82 Å². The molecule has 1 saturated heterocycles. The number of benzene rings is 2. The monoisotopic (exact) mass is 355 g/mol. The summed E-state index contributed by atoms with van der Waals surface area (Å²) in [5.41, 5.74) is 2.05. The third-order valence-electron chi connectivity index (χ3n) is 4.23. The second-order valence-corrected chi connectivity index (χ2v) is 6.42. The average molecular weight is 355 g/mol. The van der Waals surface area contributed by atoms with Crippen LogP contribution in [0.2, 0.25) is 0 Å². The van der Waals surface area contributed by atoms with Crippen molar-refractivity contribution in [2.75, 3.05) is 38.0 Å². The van der Waals surface area contributed by atoms with Crippen LogP contribution in [0, 0.1) is 5.82 Å². The number of hydrogen-bond donors (Lipinski definition) is 1. The van der Waals surface area contributed by atoms with E-state index in [0.29, 0.717) is 5.11 Å². The van der Waals surface area contributed by atoms with Gasteiger partial charge in [0.25, 0.3) is 0 Å². The minimum Gasteiger partial charge on any atom is -0.346 e. The van der Waals surface area contributed by atoms with Crippen molar-refractivity contribution in [2.24, 2.45) is 0 Å². The Morgan fingerprint density at radius 1 is 1.00 bits per heavy atom. The van der Waals surface area contributed by atoms with Crippen LogP contribution in [0.1, 0.15) is 5.56 Å². The summed E-state index contributed by atoms with van der Waals surface area (Å²) >= 11 is 5.47. The van der Waals surface area contributed by atoms with E-state index in [4.69, 9.17) is 12.2 Å². The molecule has 0 aromatic heterocycles. The Kier molecular flexibility index (Phi) is 6.14.